The minimum Gasteiger partial charge on any atom is -0.467 e. The minimum atomic E-state index is -1.84. The average Bonchev–Trinajstić information content (AvgIpc) is 3.31. The van der Waals surface area contributed by atoms with Crippen molar-refractivity contribution in [3.8, 4) is 0 Å². The molecule has 0 bridgehead atoms. The number of carbonyl (C=O) groups excluding carboxylic acids is 4. The third kappa shape index (κ3) is 2.23. The van der Waals surface area contributed by atoms with E-state index in [-0.39, 0.29) is 17.7 Å². The lowest BCUT2D eigenvalue weighted by Crippen LogP contribution is -2.56. The third-order valence-electron chi connectivity index (χ3n) is 6.80. The summed E-state index contributed by atoms with van der Waals surface area (Å²) in [5, 5.41) is 0. The van der Waals surface area contributed by atoms with Gasteiger partial charge in [0.1, 0.15) is 22.2 Å². The lowest BCUT2D eigenvalue weighted by atomic mass is 9.67. The van der Waals surface area contributed by atoms with E-state index < -0.39 is 45.8 Å². The zero-order chi connectivity index (χ0) is 22.8. The molecule has 32 heavy (non-hydrogen) atoms. The Kier molecular flexibility index (Phi) is 4.50. The number of hydrogen-bond acceptors (Lipinski definition) is 8. The minimum absolute atomic E-state index is 0.0507. The molecule has 1 fully saturated rings. The molecular formula is C24H21NO6S. The number of rotatable bonds is 3. The summed E-state index contributed by atoms with van der Waals surface area (Å²) in [5.41, 5.74) is -0.644. The average molecular weight is 452 g/mol. The monoisotopic (exact) mass is 451 g/mol. The highest BCUT2D eigenvalue weighted by molar-refractivity contribution is 8.01. The summed E-state index contributed by atoms with van der Waals surface area (Å²) >= 11 is 1.32. The molecule has 2 heterocycles. The van der Waals surface area contributed by atoms with Gasteiger partial charge in [-0.2, -0.15) is 0 Å². The van der Waals surface area contributed by atoms with Crippen molar-refractivity contribution >= 4 is 41.0 Å². The molecule has 3 atom stereocenters. The number of para-hydroxylation sites is 1. The molecule has 1 aliphatic carbocycles. The number of benzene rings is 2. The van der Waals surface area contributed by atoms with E-state index in [2.05, 4.69) is 0 Å². The van der Waals surface area contributed by atoms with Crippen LogP contribution < -0.4 is 4.90 Å². The Morgan fingerprint density at radius 3 is 2.19 bits per heavy atom. The van der Waals surface area contributed by atoms with Gasteiger partial charge in [-0.25, -0.2) is 4.79 Å². The van der Waals surface area contributed by atoms with E-state index >= 15 is 0 Å². The maximum Gasteiger partial charge on any atom is 0.329 e. The van der Waals surface area contributed by atoms with Crippen molar-refractivity contribution in [2.75, 3.05) is 18.6 Å². The van der Waals surface area contributed by atoms with Crippen LogP contribution in [0.5, 0.6) is 0 Å². The number of carbonyl (C=O) groups is 4. The Bertz CT molecular complexity index is 1160. The molecule has 1 saturated heterocycles. The zero-order valence-electron chi connectivity index (χ0n) is 17.8. The van der Waals surface area contributed by atoms with Crippen LogP contribution in [0.25, 0.3) is 0 Å². The van der Waals surface area contributed by atoms with Gasteiger partial charge in [-0.1, -0.05) is 48.2 Å². The lowest BCUT2D eigenvalue weighted by Gasteiger charge is -2.39. The summed E-state index contributed by atoms with van der Waals surface area (Å²) in [4.78, 5) is 56.0. The van der Waals surface area contributed by atoms with Crippen LogP contribution in [0.2, 0.25) is 0 Å². The Hall–Kier alpha value is -3.13. The molecule has 7 nitrogen and oxygen atoms in total. The fraction of sp³-hybridized carbons (Fsp3) is 0.333. The van der Waals surface area contributed by atoms with Crippen LogP contribution in [0, 0.1) is 11.3 Å². The Labute approximate surface area is 189 Å². The number of esters is 2. The second-order valence-corrected chi connectivity index (χ2v) is 9.57. The molecule has 0 saturated carbocycles. The van der Waals surface area contributed by atoms with Crippen molar-refractivity contribution in [1.82, 2.24) is 0 Å². The lowest BCUT2D eigenvalue weighted by molar-refractivity contribution is -0.156. The SMILES string of the molecule is CCOC(=O)[C@@H]1[C@@H](C(=O)OC)N2c3ccccc3SC2(C)C12C(=O)c1ccccc1C2=O. The predicted molar refractivity (Wildman–Crippen MR) is 117 cm³/mol. The van der Waals surface area contributed by atoms with Gasteiger partial charge in [-0.3, -0.25) is 14.4 Å². The molecule has 0 amide bonds. The van der Waals surface area contributed by atoms with Crippen LogP contribution in [0.3, 0.4) is 0 Å². The second-order valence-electron chi connectivity index (χ2n) is 8.13. The number of ether oxygens (including phenoxy) is 2. The fourth-order valence-electron chi connectivity index (χ4n) is 5.61. The van der Waals surface area contributed by atoms with Gasteiger partial charge >= 0.3 is 11.9 Å². The van der Waals surface area contributed by atoms with Crippen LogP contribution in [0.4, 0.5) is 5.69 Å². The number of fused-ring (bicyclic) bond motifs is 5. The van der Waals surface area contributed by atoms with E-state index in [1.165, 1.54) is 18.9 Å². The molecule has 0 aromatic heterocycles. The first-order valence-corrected chi connectivity index (χ1v) is 11.2. The molecule has 164 valence electrons. The number of anilines is 1. The molecule has 0 radical (unpaired) electrons. The van der Waals surface area contributed by atoms with Gasteiger partial charge in [0.15, 0.2) is 11.6 Å². The van der Waals surface area contributed by atoms with Crippen molar-refractivity contribution in [3.05, 3.63) is 59.7 Å². The number of hydrogen-bond donors (Lipinski definition) is 0. The number of ketones is 2. The number of thioether (sulfide) groups is 1. The quantitative estimate of drug-likeness (QED) is 0.520. The first kappa shape index (κ1) is 20.8. The molecule has 1 unspecified atom stereocenters. The van der Waals surface area contributed by atoms with Crippen LogP contribution in [-0.4, -0.2) is 48.1 Å². The smallest absolute Gasteiger partial charge is 0.329 e. The topological polar surface area (TPSA) is 90.0 Å². The number of Topliss-reactive ketones (excluding diaryl/α,β-unsaturated/α-hetero) is 2. The molecular weight excluding hydrogens is 430 g/mol. The molecule has 8 heteroatoms. The van der Waals surface area contributed by atoms with Crippen molar-refractivity contribution in [3.63, 3.8) is 0 Å². The Morgan fingerprint density at radius 2 is 1.59 bits per heavy atom. The molecule has 2 aromatic rings. The van der Waals surface area contributed by atoms with Crippen molar-refractivity contribution in [2.45, 2.75) is 29.7 Å². The van der Waals surface area contributed by atoms with Gasteiger partial charge in [-0.05, 0) is 26.0 Å². The van der Waals surface area contributed by atoms with Gasteiger partial charge in [0.25, 0.3) is 0 Å². The van der Waals surface area contributed by atoms with E-state index in [0.29, 0.717) is 5.69 Å². The van der Waals surface area contributed by atoms with Crippen molar-refractivity contribution < 1.29 is 28.7 Å². The summed E-state index contributed by atoms with van der Waals surface area (Å²) in [7, 11) is 1.23. The van der Waals surface area contributed by atoms with Gasteiger partial charge in [-0.15, -0.1) is 0 Å². The van der Waals surface area contributed by atoms with Crippen molar-refractivity contribution in [2.24, 2.45) is 11.3 Å². The molecule has 3 aliphatic rings. The summed E-state index contributed by atoms with van der Waals surface area (Å²) in [6.45, 7) is 3.45. The van der Waals surface area contributed by atoms with E-state index in [1.54, 1.807) is 43.0 Å². The highest BCUT2D eigenvalue weighted by atomic mass is 32.2. The molecule has 1 spiro atoms. The first-order chi connectivity index (χ1) is 15.3. The highest BCUT2D eigenvalue weighted by Gasteiger charge is 2.81. The van der Waals surface area contributed by atoms with Crippen LogP contribution >= 0.6 is 11.8 Å². The van der Waals surface area contributed by atoms with Gasteiger partial charge < -0.3 is 14.4 Å². The largest absolute Gasteiger partial charge is 0.467 e. The maximum atomic E-state index is 14.1. The number of nitrogens with zero attached hydrogens (tertiary/aromatic N) is 1. The Morgan fingerprint density at radius 1 is 1.00 bits per heavy atom. The third-order valence-corrected chi connectivity index (χ3v) is 8.28. The van der Waals surface area contributed by atoms with E-state index in [4.69, 9.17) is 9.47 Å². The molecule has 2 aliphatic heterocycles. The highest BCUT2D eigenvalue weighted by Crippen LogP contribution is 2.69. The van der Waals surface area contributed by atoms with Gasteiger partial charge in [0.2, 0.25) is 0 Å². The summed E-state index contributed by atoms with van der Waals surface area (Å²) < 4.78 is 10.4. The first-order valence-electron chi connectivity index (χ1n) is 10.3. The fourth-order valence-corrected chi connectivity index (χ4v) is 7.24. The van der Waals surface area contributed by atoms with E-state index in [9.17, 15) is 19.2 Å². The van der Waals surface area contributed by atoms with Crippen LogP contribution in [0.1, 0.15) is 34.6 Å². The van der Waals surface area contributed by atoms with Gasteiger partial charge in [0.05, 0.1) is 19.4 Å². The second kappa shape index (κ2) is 6.93. The normalized spacial score (nSPS) is 26.7. The van der Waals surface area contributed by atoms with Crippen molar-refractivity contribution in [1.29, 1.82) is 0 Å². The molecule has 5 rings (SSSR count). The number of methoxy groups -OCH3 is 1. The van der Waals surface area contributed by atoms with E-state index in [1.807, 2.05) is 24.3 Å². The van der Waals surface area contributed by atoms with Crippen LogP contribution in [0.15, 0.2) is 53.4 Å². The van der Waals surface area contributed by atoms with Crippen LogP contribution in [-0.2, 0) is 19.1 Å². The summed E-state index contributed by atoms with van der Waals surface area (Å²) in [6.07, 6.45) is 0. The standard InChI is InChI=1S/C24H21NO6S/c1-4-31-21(28)17-18(22(29)30-3)25-15-11-7-8-12-16(15)32-23(25,2)24(17)19(26)13-9-5-6-10-14(13)20(24)27/h5-12,17-18H,4H2,1-3H3/t17-,18-,23?/m0/s1. The molecule has 2 aromatic carbocycles. The zero-order valence-corrected chi connectivity index (χ0v) is 18.6. The van der Waals surface area contributed by atoms with E-state index in [0.717, 1.165) is 4.90 Å². The maximum absolute atomic E-state index is 14.1. The summed E-state index contributed by atoms with van der Waals surface area (Å²) in [6, 6.07) is 12.7. The van der Waals surface area contributed by atoms with Gasteiger partial charge in [0, 0.05) is 16.0 Å². The summed E-state index contributed by atoms with van der Waals surface area (Å²) in [5.74, 6) is -3.73. The predicted octanol–water partition coefficient (Wildman–Crippen LogP) is 3.12. The Balaban J connectivity index is 1.85. The molecule has 0 N–H and O–H groups in total.